The van der Waals surface area contributed by atoms with Crippen LogP contribution in [-0.2, 0) is 19.3 Å². The van der Waals surface area contributed by atoms with E-state index in [-0.39, 0.29) is 11.8 Å². The fourth-order valence-electron chi connectivity index (χ4n) is 4.79. The van der Waals surface area contributed by atoms with Gasteiger partial charge in [-0.2, -0.15) is 5.10 Å². The van der Waals surface area contributed by atoms with Crippen LogP contribution in [0, 0.1) is 12.8 Å². The van der Waals surface area contributed by atoms with Gasteiger partial charge in [-0.25, -0.2) is 0 Å². The molecule has 5 rings (SSSR count). The number of aliphatic hydroxyl groups is 1. The molecule has 0 spiro atoms. The molecule has 1 saturated heterocycles. The molecular weight excluding hydrogens is 352 g/mol. The number of hydrogen-bond acceptors (Lipinski definition) is 3. The first kappa shape index (κ1) is 17.5. The van der Waals surface area contributed by atoms with Crippen LogP contribution < -0.4 is 0 Å². The molecule has 0 bridgehead atoms. The Balaban J connectivity index is 1.36. The SMILES string of the molecule is Cc1cc(C[C@@H]2CN(C(=O)c3ccc4[nH]c5c(c4c3)CCCC5)C[C@H]2O)n[nH]1. The smallest absolute Gasteiger partial charge is 0.253 e. The Labute approximate surface area is 163 Å². The number of H-pyrrole nitrogens is 2. The molecule has 0 radical (unpaired) electrons. The molecule has 2 aromatic heterocycles. The van der Waals surface area contributed by atoms with Crippen LogP contribution in [0.15, 0.2) is 24.3 Å². The maximum Gasteiger partial charge on any atom is 0.253 e. The molecule has 0 saturated carbocycles. The third kappa shape index (κ3) is 3.02. The number of fused-ring (bicyclic) bond motifs is 3. The highest BCUT2D eigenvalue weighted by Gasteiger charge is 2.35. The van der Waals surface area contributed by atoms with Crippen LogP contribution in [0.25, 0.3) is 10.9 Å². The fraction of sp³-hybridized carbons (Fsp3) is 0.455. The van der Waals surface area contributed by atoms with Gasteiger partial charge in [0.1, 0.15) is 0 Å². The first-order valence-electron chi connectivity index (χ1n) is 10.2. The summed E-state index contributed by atoms with van der Waals surface area (Å²) < 4.78 is 0. The third-order valence-electron chi connectivity index (χ3n) is 6.27. The second kappa shape index (κ2) is 6.78. The van der Waals surface area contributed by atoms with Gasteiger partial charge < -0.3 is 15.0 Å². The van der Waals surface area contributed by atoms with Crippen molar-refractivity contribution in [3.05, 3.63) is 52.5 Å². The number of hydrogen-bond donors (Lipinski definition) is 3. The second-order valence-corrected chi connectivity index (χ2v) is 8.33. The first-order valence-corrected chi connectivity index (χ1v) is 10.2. The van der Waals surface area contributed by atoms with Crippen molar-refractivity contribution in [3.8, 4) is 0 Å². The lowest BCUT2D eigenvalue weighted by atomic mass is 9.95. The topological polar surface area (TPSA) is 85.0 Å². The average Bonchev–Trinajstić information content (AvgIpc) is 3.38. The summed E-state index contributed by atoms with van der Waals surface area (Å²) in [6.07, 6.45) is 4.80. The van der Waals surface area contributed by atoms with Gasteiger partial charge >= 0.3 is 0 Å². The molecule has 1 fully saturated rings. The Morgan fingerprint density at radius 1 is 1.25 bits per heavy atom. The van der Waals surface area contributed by atoms with E-state index in [1.807, 2.05) is 31.2 Å². The lowest BCUT2D eigenvalue weighted by molar-refractivity contribution is 0.0765. The molecule has 146 valence electrons. The molecule has 2 atom stereocenters. The van der Waals surface area contributed by atoms with Crippen molar-refractivity contribution in [2.75, 3.05) is 13.1 Å². The zero-order chi connectivity index (χ0) is 19.3. The molecular formula is C22H26N4O2. The van der Waals surface area contributed by atoms with Gasteiger partial charge in [-0.3, -0.25) is 9.89 Å². The van der Waals surface area contributed by atoms with E-state index in [1.165, 1.54) is 29.5 Å². The van der Waals surface area contributed by atoms with Crippen molar-refractivity contribution in [2.24, 2.45) is 5.92 Å². The van der Waals surface area contributed by atoms with Gasteiger partial charge in [0.05, 0.1) is 11.8 Å². The number of nitrogens with one attached hydrogen (secondary N) is 2. The standard InChI is InChI=1S/C22H26N4O2/c1-13-8-16(25-24-13)9-15-11-26(12-21(15)27)22(28)14-6-7-20-18(10-14)17-4-2-3-5-19(17)23-20/h6-8,10,15,21,23,27H,2-5,9,11-12H2,1H3,(H,24,25)/t15-,21-/m1/s1. The van der Waals surface area contributed by atoms with Crippen molar-refractivity contribution in [1.29, 1.82) is 0 Å². The summed E-state index contributed by atoms with van der Waals surface area (Å²) in [6.45, 7) is 2.92. The minimum Gasteiger partial charge on any atom is -0.391 e. The van der Waals surface area contributed by atoms with Gasteiger partial charge in [0.15, 0.2) is 0 Å². The maximum absolute atomic E-state index is 13.1. The summed E-state index contributed by atoms with van der Waals surface area (Å²) in [5.74, 6) is 0.0304. The molecule has 1 amide bonds. The van der Waals surface area contributed by atoms with E-state index in [0.29, 0.717) is 25.1 Å². The normalized spacial score (nSPS) is 22.0. The number of aryl methyl sites for hydroxylation is 3. The van der Waals surface area contributed by atoms with Crippen LogP contribution in [0.1, 0.15) is 45.8 Å². The summed E-state index contributed by atoms with van der Waals surface area (Å²) in [5.41, 5.74) is 6.50. The summed E-state index contributed by atoms with van der Waals surface area (Å²) >= 11 is 0. The molecule has 3 N–H and O–H groups in total. The molecule has 1 aliphatic heterocycles. The monoisotopic (exact) mass is 378 g/mol. The van der Waals surface area contributed by atoms with Crippen LogP contribution in [0.2, 0.25) is 0 Å². The summed E-state index contributed by atoms with van der Waals surface area (Å²) in [6, 6.07) is 7.97. The Morgan fingerprint density at radius 3 is 2.93 bits per heavy atom. The first-order chi connectivity index (χ1) is 13.6. The minimum atomic E-state index is -0.510. The molecule has 6 nitrogen and oxygen atoms in total. The number of rotatable bonds is 3. The van der Waals surface area contributed by atoms with Crippen LogP contribution in [0.5, 0.6) is 0 Å². The number of carbonyl (C=O) groups is 1. The zero-order valence-electron chi connectivity index (χ0n) is 16.2. The Hall–Kier alpha value is -2.60. The van der Waals surface area contributed by atoms with E-state index in [0.717, 1.165) is 29.7 Å². The van der Waals surface area contributed by atoms with Gasteiger partial charge in [0.2, 0.25) is 0 Å². The number of benzene rings is 1. The minimum absolute atomic E-state index is 0.00687. The van der Waals surface area contributed by atoms with Gasteiger partial charge in [-0.1, -0.05) is 0 Å². The molecule has 1 aliphatic carbocycles. The van der Waals surface area contributed by atoms with Crippen molar-refractivity contribution in [2.45, 2.75) is 45.1 Å². The molecule has 1 aromatic carbocycles. The van der Waals surface area contributed by atoms with Crippen LogP contribution in [0.4, 0.5) is 0 Å². The van der Waals surface area contributed by atoms with Crippen molar-refractivity contribution in [3.63, 3.8) is 0 Å². The fourth-order valence-corrected chi connectivity index (χ4v) is 4.79. The van der Waals surface area contributed by atoms with Gasteiger partial charge in [-0.15, -0.1) is 0 Å². The Bertz CT molecular complexity index is 1030. The molecule has 28 heavy (non-hydrogen) atoms. The second-order valence-electron chi connectivity index (χ2n) is 8.33. The molecule has 2 aliphatic rings. The summed E-state index contributed by atoms with van der Waals surface area (Å²) in [7, 11) is 0. The van der Waals surface area contributed by atoms with E-state index in [4.69, 9.17) is 0 Å². The van der Waals surface area contributed by atoms with Gasteiger partial charge in [0, 0.05) is 46.9 Å². The summed E-state index contributed by atoms with van der Waals surface area (Å²) in [5, 5.41) is 18.9. The van der Waals surface area contributed by atoms with Gasteiger partial charge in [-0.05, 0) is 68.9 Å². The number of likely N-dealkylation sites (tertiary alicyclic amines) is 1. The number of amides is 1. The van der Waals surface area contributed by atoms with Crippen molar-refractivity contribution >= 4 is 16.8 Å². The predicted octanol–water partition coefficient (Wildman–Crippen LogP) is 2.75. The molecule has 3 aromatic rings. The number of nitrogens with zero attached hydrogens (tertiary/aromatic N) is 2. The quantitative estimate of drug-likeness (QED) is 0.655. The lowest BCUT2D eigenvalue weighted by Gasteiger charge is -2.16. The van der Waals surface area contributed by atoms with E-state index in [2.05, 4.69) is 15.2 Å². The van der Waals surface area contributed by atoms with Gasteiger partial charge in [0.25, 0.3) is 5.91 Å². The third-order valence-corrected chi connectivity index (χ3v) is 6.27. The van der Waals surface area contributed by atoms with E-state index < -0.39 is 6.10 Å². The molecule has 0 unspecified atom stereocenters. The van der Waals surface area contributed by atoms with E-state index in [9.17, 15) is 9.90 Å². The molecule has 6 heteroatoms. The lowest BCUT2D eigenvalue weighted by Crippen LogP contribution is -2.29. The highest BCUT2D eigenvalue weighted by Crippen LogP contribution is 2.30. The van der Waals surface area contributed by atoms with E-state index >= 15 is 0 Å². The predicted molar refractivity (Wildman–Crippen MR) is 107 cm³/mol. The number of aromatic nitrogens is 3. The van der Waals surface area contributed by atoms with Crippen LogP contribution in [0.3, 0.4) is 0 Å². The zero-order valence-corrected chi connectivity index (χ0v) is 16.2. The number of carbonyl (C=O) groups excluding carboxylic acids is 1. The number of aliphatic hydroxyl groups excluding tert-OH is 1. The van der Waals surface area contributed by atoms with Crippen molar-refractivity contribution in [1.82, 2.24) is 20.1 Å². The van der Waals surface area contributed by atoms with Crippen molar-refractivity contribution < 1.29 is 9.90 Å². The maximum atomic E-state index is 13.1. The average molecular weight is 378 g/mol. The highest BCUT2D eigenvalue weighted by atomic mass is 16.3. The van der Waals surface area contributed by atoms with E-state index in [1.54, 1.807) is 4.90 Å². The molecule has 3 heterocycles. The van der Waals surface area contributed by atoms with Crippen LogP contribution >= 0.6 is 0 Å². The van der Waals surface area contributed by atoms with Crippen LogP contribution in [-0.4, -0.2) is 50.3 Å². The Morgan fingerprint density at radius 2 is 2.11 bits per heavy atom. The largest absolute Gasteiger partial charge is 0.391 e. The Kier molecular flexibility index (Phi) is 4.23. The highest BCUT2D eigenvalue weighted by molar-refractivity contribution is 5.99. The number of β-amino-alcohol motifs (C(OH)–C–C–N with tert-alkyl or cyclic N) is 1. The number of aromatic amines is 2. The summed E-state index contributed by atoms with van der Waals surface area (Å²) in [4.78, 5) is 18.4.